The molecular formula is C15H29BN4O5. The van der Waals surface area contributed by atoms with Gasteiger partial charge < -0.3 is 31.3 Å². The molecule has 0 aromatic heterocycles. The van der Waals surface area contributed by atoms with Crippen LogP contribution in [0.1, 0.15) is 40.5 Å². The summed E-state index contributed by atoms with van der Waals surface area (Å²) < 4.78 is 0. The number of likely N-dealkylation sites (tertiary alicyclic amines) is 1. The van der Waals surface area contributed by atoms with Gasteiger partial charge in [-0.1, -0.05) is 13.8 Å². The Morgan fingerprint density at radius 3 is 2.20 bits per heavy atom. The molecule has 1 saturated heterocycles. The van der Waals surface area contributed by atoms with Gasteiger partial charge in [0.05, 0.1) is 12.0 Å². The Bertz CT molecular complexity index is 500. The Kier molecular flexibility index (Phi) is 7.84. The summed E-state index contributed by atoms with van der Waals surface area (Å²) in [5, 5.41) is 24.0. The molecule has 142 valence electrons. The molecule has 0 spiro atoms. The lowest BCUT2D eigenvalue weighted by Gasteiger charge is -2.31. The minimum atomic E-state index is -1.61. The highest BCUT2D eigenvalue weighted by Gasteiger charge is 2.40. The van der Waals surface area contributed by atoms with Crippen molar-refractivity contribution in [3.8, 4) is 0 Å². The van der Waals surface area contributed by atoms with Crippen molar-refractivity contribution < 1.29 is 24.4 Å². The maximum atomic E-state index is 12.8. The van der Waals surface area contributed by atoms with E-state index in [0.29, 0.717) is 19.4 Å². The molecule has 1 fully saturated rings. The van der Waals surface area contributed by atoms with Gasteiger partial charge in [-0.25, -0.2) is 0 Å². The van der Waals surface area contributed by atoms with Gasteiger partial charge in [-0.3, -0.25) is 14.4 Å². The smallest absolute Gasteiger partial charge is 0.426 e. The van der Waals surface area contributed by atoms with E-state index in [1.807, 2.05) is 0 Å². The molecule has 0 unspecified atom stereocenters. The molecule has 10 heteroatoms. The van der Waals surface area contributed by atoms with E-state index in [-0.39, 0.29) is 11.8 Å². The number of amides is 3. The van der Waals surface area contributed by atoms with Crippen molar-refractivity contribution >= 4 is 24.8 Å². The van der Waals surface area contributed by atoms with E-state index in [1.165, 1.54) is 18.7 Å². The third-order valence-electron chi connectivity index (χ3n) is 4.32. The Morgan fingerprint density at radius 2 is 1.72 bits per heavy atom. The van der Waals surface area contributed by atoms with Gasteiger partial charge in [-0.2, -0.15) is 0 Å². The first-order valence-electron chi connectivity index (χ1n) is 8.59. The standard InChI is InChI=1S/C15H29BN4O5/c1-8(2)12(15(23)20-7-5-6-11(20)16(24)25)19-14(22)10(4)18-13(21)9(3)17/h8-12,24-25H,5-7,17H2,1-4H3,(H,18,21)(H,19,22)/t9-,10-,11-,12-/m0/s1. The van der Waals surface area contributed by atoms with Crippen molar-refractivity contribution in [3.63, 3.8) is 0 Å². The summed E-state index contributed by atoms with van der Waals surface area (Å²) in [6, 6.07) is -2.40. The third-order valence-corrected chi connectivity index (χ3v) is 4.32. The molecule has 1 aliphatic rings. The second-order valence-corrected chi connectivity index (χ2v) is 6.90. The van der Waals surface area contributed by atoms with Crippen LogP contribution < -0.4 is 16.4 Å². The average Bonchev–Trinajstić information content (AvgIpc) is 3.00. The number of carbonyl (C=O) groups excluding carboxylic acids is 3. The van der Waals surface area contributed by atoms with Crippen LogP contribution in [0.3, 0.4) is 0 Å². The number of nitrogens with zero attached hydrogens (tertiary/aromatic N) is 1. The first-order chi connectivity index (χ1) is 11.6. The molecule has 1 heterocycles. The van der Waals surface area contributed by atoms with Crippen LogP contribution in [0.2, 0.25) is 0 Å². The molecule has 4 atom stereocenters. The van der Waals surface area contributed by atoms with Crippen LogP contribution in [0.4, 0.5) is 0 Å². The lowest BCUT2D eigenvalue weighted by molar-refractivity contribution is -0.138. The maximum absolute atomic E-state index is 12.8. The number of nitrogens with two attached hydrogens (primary N) is 1. The fourth-order valence-corrected chi connectivity index (χ4v) is 2.76. The average molecular weight is 356 g/mol. The molecule has 1 rings (SSSR count). The molecular weight excluding hydrogens is 327 g/mol. The molecule has 0 aromatic rings. The SMILES string of the molecule is CC(C)[C@H](NC(=O)[C@H](C)NC(=O)[C@H](C)N)C(=O)N1CCC[C@H]1B(O)O. The maximum Gasteiger partial charge on any atom is 0.475 e. The highest BCUT2D eigenvalue weighted by molar-refractivity contribution is 6.43. The van der Waals surface area contributed by atoms with Gasteiger partial charge in [-0.15, -0.1) is 0 Å². The summed E-state index contributed by atoms with van der Waals surface area (Å²) in [6.45, 7) is 7.00. The lowest BCUT2D eigenvalue weighted by Crippen LogP contribution is -2.58. The molecule has 1 aliphatic heterocycles. The fraction of sp³-hybridized carbons (Fsp3) is 0.800. The van der Waals surface area contributed by atoms with E-state index in [9.17, 15) is 24.4 Å². The first-order valence-corrected chi connectivity index (χ1v) is 8.59. The van der Waals surface area contributed by atoms with Crippen LogP contribution in [-0.4, -0.2) is 70.4 Å². The highest BCUT2D eigenvalue weighted by atomic mass is 16.4. The number of hydrogen-bond acceptors (Lipinski definition) is 6. The van der Waals surface area contributed by atoms with Crippen molar-refractivity contribution in [2.45, 2.75) is 64.6 Å². The zero-order chi connectivity index (χ0) is 19.3. The molecule has 6 N–H and O–H groups in total. The molecule has 0 aliphatic carbocycles. The quantitative estimate of drug-likeness (QED) is 0.333. The van der Waals surface area contributed by atoms with Crippen molar-refractivity contribution in [3.05, 3.63) is 0 Å². The van der Waals surface area contributed by atoms with E-state index in [2.05, 4.69) is 10.6 Å². The van der Waals surface area contributed by atoms with Gasteiger partial charge in [0, 0.05) is 6.54 Å². The van der Waals surface area contributed by atoms with Gasteiger partial charge in [0.1, 0.15) is 12.1 Å². The van der Waals surface area contributed by atoms with Crippen molar-refractivity contribution in [2.24, 2.45) is 11.7 Å². The molecule has 3 amide bonds. The van der Waals surface area contributed by atoms with Crippen LogP contribution in [0.25, 0.3) is 0 Å². The van der Waals surface area contributed by atoms with Crippen LogP contribution in [-0.2, 0) is 14.4 Å². The summed E-state index contributed by atoms with van der Waals surface area (Å²) in [4.78, 5) is 38.1. The Labute approximate surface area is 148 Å². The Morgan fingerprint density at radius 1 is 1.12 bits per heavy atom. The molecule has 0 radical (unpaired) electrons. The summed E-state index contributed by atoms with van der Waals surface area (Å²) in [5.41, 5.74) is 5.46. The van der Waals surface area contributed by atoms with Crippen molar-refractivity contribution in [1.82, 2.24) is 15.5 Å². The summed E-state index contributed by atoms with van der Waals surface area (Å²) in [5.74, 6) is -2.19. The summed E-state index contributed by atoms with van der Waals surface area (Å²) in [6.07, 6.45) is 1.18. The van der Waals surface area contributed by atoms with Gasteiger partial charge in [0.15, 0.2) is 0 Å². The zero-order valence-corrected chi connectivity index (χ0v) is 15.2. The Hall–Kier alpha value is -1.65. The molecule has 9 nitrogen and oxygen atoms in total. The lowest BCUT2D eigenvalue weighted by atomic mass is 9.77. The van der Waals surface area contributed by atoms with Crippen LogP contribution in [0, 0.1) is 5.92 Å². The summed E-state index contributed by atoms with van der Waals surface area (Å²) in [7, 11) is -1.61. The molecule has 25 heavy (non-hydrogen) atoms. The number of hydrogen-bond donors (Lipinski definition) is 5. The van der Waals surface area contributed by atoms with Gasteiger partial charge in [-0.05, 0) is 32.6 Å². The van der Waals surface area contributed by atoms with Gasteiger partial charge in [0.2, 0.25) is 17.7 Å². The van der Waals surface area contributed by atoms with Crippen LogP contribution in [0.15, 0.2) is 0 Å². The summed E-state index contributed by atoms with van der Waals surface area (Å²) >= 11 is 0. The highest BCUT2D eigenvalue weighted by Crippen LogP contribution is 2.20. The molecule has 0 saturated carbocycles. The van der Waals surface area contributed by atoms with Crippen LogP contribution >= 0.6 is 0 Å². The molecule has 0 bridgehead atoms. The van der Waals surface area contributed by atoms with Gasteiger partial charge >= 0.3 is 7.12 Å². The van der Waals surface area contributed by atoms with E-state index in [1.54, 1.807) is 13.8 Å². The van der Waals surface area contributed by atoms with E-state index in [4.69, 9.17) is 5.73 Å². The third kappa shape index (κ3) is 5.69. The normalized spacial score (nSPS) is 20.8. The van der Waals surface area contributed by atoms with E-state index in [0.717, 1.165) is 0 Å². The second kappa shape index (κ2) is 9.16. The van der Waals surface area contributed by atoms with Gasteiger partial charge in [0.25, 0.3) is 0 Å². The number of rotatable bonds is 7. The first kappa shape index (κ1) is 21.4. The van der Waals surface area contributed by atoms with Crippen molar-refractivity contribution in [2.75, 3.05) is 6.54 Å². The predicted molar refractivity (Wildman–Crippen MR) is 92.9 cm³/mol. The molecule has 0 aromatic carbocycles. The Balaban J connectivity index is 2.78. The van der Waals surface area contributed by atoms with Crippen LogP contribution in [0.5, 0.6) is 0 Å². The largest absolute Gasteiger partial charge is 0.475 e. The minimum absolute atomic E-state index is 0.204. The van der Waals surface area contributed by atoms with E-state index < -0.39 is 43.0 Å². The van der Waals surface area contributed by atoms with E-state index >= 15 is 0 Å². The monoisotopic (exact) mass is 356 g/mol. The fourth-order valence-electron chi connectivity index (χ4n) is 2.76. The predicted octanol–water partition coefficient (Wildman–Crippen LogP) is -2.02. The second-order valence-electron chi connectivity index (χ2n) is 6.90. The van der Waals surface area contributed by atoms with Crippen molar-refractivity contribution in [1.29, 1.82) is 0 Å². The number of carbonyl (C=O) groups is 3. The topological polar surface area (TPSA) is 145 Å². The zero-order valence-electron chi connectivity index (χ0n) is 15.2. The number of nitrogens with one attached hydrogen (secondary N) is 2. The minimum Gasteiger partial charge on any atom is -0.426 e.